The van der Waals surface area contributed by atoms with Crippen LogP contribution in [-0.4, -0.2) is 11.8 Å². The molecule has 0 aliphatic rings. The smallest absolute Gasteiger partial charge is 0.220 e. The van der Waals surface area contributed by atoms with E-state index in [9.17, 15) is 9.59 Å². The van der Waals surface area contributed by atoms with Crippen LogP contribution < -0.4 is 10.6 Å². The van der Waals surface area contributed by atoms with Crippen LogP contribution in [0.3, 0.4) is 0 Å². The molecular weight excluding hydrogens is 276 g/mol. The van der Waals surface area contributed by atoms with E-state index in [0.717, 1.165) is 36.8 Å². The second-order valence-electron chi connectivity index (χ2n) is 5.58. The van der Waals surface area contributed by atoms with Gasteiger partial charge in [-0.1, -0.05) is 51.0 Å². The van der Waals surface area contributed by atoms with E-state index >= 15 is 0 Å². The van der Waals surface area contributed by atoms with Crippen molar-refractivity contribution in [3.8, 4) is 0 Å². The van der Waals surface area contributed by atoms with Crippen LogP contribution in [0.2, 0.25) is 0 Å². The van der Waals surface area contributed by atoms with Gasteiger partial charge in [0.05, 0.1) is 0 Å². The third kappa shape index (κ3) is 7.81. The van der Waals surface area contributed by atoms with Gasteiger partial charge in [0.25, 0.3) is 0 Å². The molecule has 22 heavy (non-hydrogen) atoms. The third-order valence-corrected chi connectivity index (χ3v) is 3.49. The zero-order valence-corrected chi connectivity index (χ0v) is 13.8. The van der Waals surface area contributed by atoms with Crippen LogP contribution in [0.1, 0.15) is 63.5 Å². The average molecular weight is 304 g/mol. The molecule has 0 heterocycles. The number of benzene rings is 1. The lowest BCUT2D eigenvalue weighted by atomic mass is 10.1. The number of unbranched alkanes of at least 4 members (excludes halogenated alkanes) is 2. The van der Waals surface area contributed by atoms with Gasteiger partial charge in [-0.15, -0.1) is 0 Å². The molecule has 0 bridgehead atoms. The molecule has 2 amide bonds. The molecule has 122 valence electrons. The fourth-order valence-corrected chi connectivity index (χ4v) is 2.10. The molecule has 0 radical (unpaired) electrons. The van der Waals surface area contributed by atoms with Crippen LogP contribution in [0.4, 0.5) is 0 Å². The largest absolute Gasteiger partial charge is 0.352 e. The minimum atomic E-state index is 0.0973. The maximum atomic E-state index is 11.6. The number of carbonyl (C=O) groups is 2. The number of amides is 2. The number of hydrogen-bond acceptors (Lipinski definition) is 2. The Labute approximate surface area is 133 Å². The van der Waals surface area contributed by atoms with Gasteiger partial charge in [-0.05, 0) is 24.0 Å². The van der Waals surface area contributed by atoms with E-state index in [0.29, 0.717) is 25.9 Å². The molecule has 2 N–H and O–H groups in total. The Morgan fingerprint density at radius 1 is 0.864 bits per heavy atom. The summed E-state index contributed by atoms with van der Waals surface area (Å²) in [6, 6.07) is 7.96. The van der Waals surface area contributed by atoms with E-state index < -0.39 is 0 Å². The second kappa shape index (κ2) is 10.8. The molecule has 0 aliphatic heterocycles. The highest BCUT2D eigenvalue weighted by molar-refractivity contribution is 5.76. The molecule has 0 aliphatic carbocycles. The van der Waals surface area contributed by atoms with Gasteiger partial charge in [-0.2, -0.15) is 0 Å². The second-order valence-corrected chi connectivity index (χ2v) is 5.58. The Kier molecular flexibility index (Phi) is 8.96. The number of nitrogens with one attached hydrogen (secondary N) is 2. The summed E-state index contributed by atoms with van der Waals surface area (Å²) in [6.45, 7) is 5.23. The van der Waals surface area contributed by atoms with Crippen LogP contribution in [0, 0.1) is 0 Å². The molecular formula is C18H28N2O2. The summed E-state index contributed by atoms with van der Waals surface area (Å²) < 4.78 is 0. The summed E-state index contributed by atoms with van der Waals surface area (Å²) in [4.78, 5) is 23.2. The maximum absolute atomic E-state index is 11.6. The van der Waals surface area contributed by atoms with Crippen molar-refractivity contribution in [1.29, 1.82) is 0 Å². The molecule has 0 saturated heterocycles. The molecule has 0 aromatic heterocycles. The lowest BCUT2D eigenvalue weighted by Crippen LogP contribution is -2.23. The molecule has 1 rings (SSSR count). The molecule has 4 heteroatoms. The number of carbonyl (C=O) groups excluding carboxylic acids is 2. The van der Waals surface area contributed by atoms with Crippen molar-refractivity contribution in [2.75, 3.05) is 0 Å². The lowest BCUT2D eigenvalue weighted by Gasteiger charge is -2.08. The zero-order valence-electron chi connectivity index (χ0n) is 13.8. The van der Waals surface area contributed by atoms with E-state index in [-0.39, 0.29) is 11.8 Å². The highest BCUT2D eigenvalue weighted by Crippen LogP contribution is 2.06. The quantitative estimate of drug-likeness (QED) is 0.697. The third-order valence-electron chi connectivity index (χ3n) is 3.49. The standard InChI is InChI=1S/C18H28N2O2/c1-3-5-10-17(21)19-13-15-8-7-9-16(12-15)14-20-18(22)11-6-4-2/h7-9,12H,3-6,10-11,13-14H2,1-2H3,(H,19,21)(H,20,22). The van der Waals surface area contributed by atoms with Crippen molar-refractivity contribution in [1.82, 2.24) is 10.6 Å². The number of rotatable bonds is 10. The average Bonchev–Trinajstić information content (AvgIpc) is 2.54. The van der Waals surface area contributed by atoms with Crippen molar-refractivity contribution in [3.05, 3.63) is 35.4 Å². The van der Waals surface area contributed by atoms with E-state index in [1.807, 2.05) is 24.3 Å². The normalized spacial score (nSPS) is 10.3. The van der Waals surface area contributed by atoms with E-state index in [1.54, 1.807) is 0 Å². The molecule has 0 atom stereocenters. The molecule has 0 unspecified atom stereocenters. The van der Waals surface area contributed by atoms with Gasteiger partial charge in [0.2, 0.25) is 11.8 Å². The monoisotopic (exact) mass is 304 g/mol. The zero-order chi connectivity index (χ0) is 16.2. The highest BCUT2D eigenvalue weighted by Gasteiger charge is 2.03. The minimum absolute atomic E-state index is 0.0973. The van der Waals surface area contributed by atoms with Crippen molar-refractivity contribution < 1.29 is 9.59 Å². The first-order chi connectivity index (χ1) is 10.7. The van der Waals surface area contributed by atoms with Gasteiger partial charge in [0, 0.05) is 25.9 Å². The molecule has 0 fully saturated rings. The first kappa shape index (κ1) is 18.2. The van der Waals surface area contributed by atoms with Crippen molar-refractivity contribution in [2.24, 2.45) is 0 Å². The summed E-state index contributed by atoms with van der Waals surface area (Å²) in [6.07, 6.45) is 5.08. The van der Waals surface area contributed by atoms with Crippen molar-refractivity contribution in [3.63, 3.8) is 0 Å². The van der Waals surface area contributed by atoms with Gasteiger partial charge in [0.15, 0.2) is 0 Å². The molecule has 1 aromatic carbocycles. The lowest BCUT2D eigenvalue weighted by molar-refractivity contribution is -0.122. The van der Waals surface area contributed by atoms with E-state index in [2.05, 4.69) is 24.5 Å². The van der Waals surface area contributed by atoms with Crippen LogP contribution >= 0.6 is 0 Å². The Morgan fingerprint density at radius 2 is 1.32 bits per heavy atom. The molecule has 4 nitrogen and oxygen atoms in total. The fourth-order valence-electron chi connectivity index (χ4n) is 2.10. The summed E-state index contributed by atoms with van der Waals surface area (Å²) in [5, 5.41) is 5.85. The van der Waals surface area contributed by atoms with Crippen LogP contribution in [0.25, 0.3) is 0 Å². The predicted octanol–water partition coefficient (Wildman–Crippen LogP) is 3.30. The summed E-state index contributed by atoms with van der Waals surface area (Å²) in [5.41, 5.74) is 2.12. The highest BCUT2D eigenvalue weighted by atomic mass is 16.2. The van der Waals surface area contributed by atoms with Gasteiger partial charge in [-0.3, -0.25) is 9.59 Å². The maximum Gasteiger partial charge on any atom is 0.220 e. The predicted molar refractivity (Wildman–Crippen MR) is 89.2 cm³/mol. The fraction of sp³-hybridized carbons (Fsp3) is 0.556. The first-order valence-electron chi connectivity index (χ1n) is 8.27. The topological polar surface area (TPSA) is 58.2 Å². The summed E-state index contributed by atoms with van der Waals surface area (Å²) >= 11 is 0. The van der Waals surface area contributed by atoms with Gasteiger partial charge >= 0.3 is 0 Å². The van der Waals surface area contributed by atoms with Crippen molar-refractivity contribution in [2.45, 2.75) is 65.5 Å². The minimum Gasteiger partial charge on any atom is -0.352 e. The molecule has 1 aromatic rings. The Bertz CT molecular complexity index is 433. The van der Waals surface area contributed by atoms with Crippen LogP contribution in [0.5, 0.6) is 0 Å². The summed E-state index contributed by atoms with van der Waals surface area (Å²) in [5.74, 6) is 0.195. The van der Waals surface area contributed by atoms with Crippen LogP contribution in [0.15, 0.2) is 24.3 Å². The van der Waals surface area contributed by atoms with Crippen molar-refractivity contribution >= 4 is 11.8 Å². The van der Waals surface area contributed by atoms with E-state index in [1.165, 1.54) is 0 Å². The first-order valence-corrected chi connectivity index (χ1v) is 8.27. The Balaban J connectivity index is 2.38. The summed E-state index contributed by atoms with van der Waals surface area (Å²) in [7, 11) is 0. The molecule has 0 spiro atoms. The molecule has 0 saturated carbocycles. The van der Waals surface area contributed by atoms with Gasteiger partial charge in [-0.25, -0.2) is 0 Å². The van der Waals surface area contributed by atoms with Gasteiger partial charge < -0.3 is 10.6 Å². The Morgan fingerprint density at radius 3 is 1.73 bits per heavy atom. The van der Waals surface area contributed by atoms with Crippen LogP contribution in [-0.2, 0) is 22.7 Å². The van der Waals surface area contributed by atoms with E-state index in [4.69, 9.17) is 0 Å². The SMILES string of the molecule is CCCCC(=O)NCc1cccc(CNC(=O)CCCC)c1. The Hall–Kier alpha value is -1.84. The number of hydrogen-bond donors (Lipinski definition) is 2. The van der Waals surface area contributed by atoms with Gasteiger partial charge in [0.1, 0.15) is 0 Å².